The van der Waals surface area contributed by atoms with Crippen LogP contribution in [0.5, 0.6) is 0 Å². The Morgan fingerprint density at radius 3 is 2.60 bits per heavy atom. The summed E-state index contributed by atoms with van der Waals surface area (Å²) >= 11 is 0. The minimum Gasteiger partial charge on any atom is -0.460 e. The normalized spacial score (nSPS) is 15.5. The number of likely N-dealkylation sites (tertiary alicyclic amines) is 1. The molecule has 2 aromatic carbocycles. The monoisotopic (exact) mass is 404 g/mol. The number of aryl methyl sites for hydroxylation is 2. The van der Waals surface area contributed by atoms with Crippen molar-refractivity contribution in [3.8, 4) is 0 Å². The Hall–Kier alpha value is -2.59. The number of nitrogens with one attached hydrogen (secondary N) is 1. The third-order valence-electron chi connectivity index (χ3n) is 6.23. The Morgan fingerprint density at radius 2 is 1.83 bits per heavy atom. The number of benzene rings is 2. The maximum absolute atomic E-state index is 13.2. The van der Waals surface area contributed by atoms with E-state index < -0.39 is 0 Å². The fraction of sp³-hybridized carbons (Fsp3) is 0.423. The second-order valence-corrected chi connectivity index (χ2v) is 8.45. The summed E-state index contributed by atoms with van der Waals surface area (Å²) in [4.78, 5) is 15.7. The molecule has 4 heteroatoms. The molecule has 3 aromatic rings. The van der Waals surface area contributed by atoms with Crippen molar-refractivity contribution in [3.05, 3.63) is 71.0 Å². The minimum absolute atomic E-state index is 0.0170. The van der Waals surface area contributed by atoms with E-state index in [1.165, 1.54) is 11.1 Å². The molecule has 1 saturated heterocycles. The van der Waals surface area contributed by atoms with Gasteiger partial charge in [-0.3, -0.25) is 9.69 Å². The topological polar surface area (TPSA) is 45.5 Å². The van der Waals surface area contributed by atoms with Gasteiger partial charge in [0.2, 0.25) is 0 Å². The van der Waals surface area contributed by atoms with Crippen LogP contribution in [-0.4, -0.2) is 29.9 Å². The Labute approximate surface area is 179 Å². The molecule has 0 atom stereocenters. The summed E-state index contributed by atoms with van der Waals surface area (Å²) < 4.78 is 6.04. The molecule has 0 saturated carbocycles. The summed E-state index contributed by atoms with van der Waals surface area (Å²) in [5.41, 5.74) is 4.29. The van der Waals surface area contributed by atoms with Crippen LogP contribution in [0.4, 0.5) is 0 Å². The van der Waals surface area contributed by atoms with E-state index in [2.05, 4.69) is 48.3 Å². The van der Waals surface area contributed by atoms with Gasteiger partial charge in [0.25, 0.3) is 5.91 Å². The number of rotatable bonds is 7. The molecule has 0 radical (unpaired) electrons. The number of unbranched alkanes of at least 4 members (excludes halogenated alkanes) is 1. The molecule has 4 rings (SSSR count). The lowest BCUT2D eigenvalue weighted by atomic mass is 10.0. The lowest BCUT2D eigenvalue weighted by Crippen LogP contribution is -2.44. The van der Waals surface area contributed by atoms with Crippen molar-refractivity contribution in [2.45, 2.75) is 58.5 Å². The lowest BCUT2D eigenvalue weighted by Gasteiger charge is -2.32. The van der Waals surface area contributed by atoms with E-state index in [0.717, 1.165) is 74.0 Å². The zero-order chi connectivity index (χ0) is 20.9. The number of amides is 1. The van der Waals surface area contributed by atoms with Crippen LogP contribution in [0.15, 0.2) is 52.9 Å². The highest BCUT2D eigenvalue weighted by Crippen LogP contribution is 2.27. The van der Waals surface area contributed by atoms with Gasteiger partial charge in [0, 0.05) is 37.5 Å². The fourth-order valence-electron chi connectivity index (χ4n) is 4.38. The first-order valence-electron chi connectivity index (χ1n) is 11.2. The quantitative estimate of drug-likeness (QED) is 0.567. The van der Waals surface area contributed by atoms with Gasteiger partial charge in [-0.05, 0) is 43.4 Å². The van der Waals surface area contributed by atoms with Gasteiger partial charge in [-0.1, -0.05) is 55.8 Å². The van der Waals surface area contributed by atoms with E-state index in [4.69, 9.17) is 4.42 Å². The van der Waals surface area contributed by atoms with Gasteiger partial charge in [0.05, 0.1) is 5.56 Å². The van der Waals surface area contributed by atoms with Crippen LogP contribution < -0.4 is 5.32 Å². The number of hydrogen-bond donors (Lipinski definition) is 1. The first kappa shape index (κ1) is 20.7. The molecule has 1 aromatic heterocycles. The lowest BCUT2D eigenvalue weighted by molar-refractivity contribution is 0.0908. The molecule has 0 unspecified atom stereocenters. The molecule has 1 N–H and O–H groups in total. The highest BCUT2D eigenvalue weighted by Gasteiger charge is 2.25. The van der Waals surface area contributed by atoms with E-state index >= 15 is 0 Å². The van der Waals surface area contributed by atoms with E-state index in [9.17, 15) is 4.79 Å². The van der Waals surface area contributed by atoms with Gasteiger partial charge in [-0.25, -0.2) is 0 Å². The number of fused-ring (bicyclic) bond motifs is 1. The van der Waals surface area contributed by atoms with Crippen LogP contribution in [0.2, 0.25) is 0 Å². The maximum Gasteiger partial charge on any atom is 0.255 e. The molecule has 1 fully saturated rings. The fourth-order valence-corrected chi connectivity index (χ4v) is 4.38. The maximum atomic E-state index is 13.2. The summed E-state index contributed by atoms with van der Waals surface area (Å²) in [6.07, 6.45) is 4.88. The smallest absolute Gasteiger partial charge is 0.255 e. The Bertz CT molecular complexity index is 999. The molecule has 2 heterocycles. The molecular weight excluding hydrogens is 372 g/mol. The van der Waals surface area contributed by atoms with Crippen LogP contribution >= 0.6 is 0 Å². The second-order valence-electron chi connectivity index (χ2n) is 8.45. The summed E-state index contributed by atoms with van der Waals surface area (Å²) in [6, 6.07) is 16.7. The van der Waals surface area contributed by atoms with Crippen LogP contribution in [0.1, 0.15) is 59.9 Å². The van der Waals surface area contributed by atoms with Crippen LogP contribution in [0.25, 0.3) is 11.0 Å². The highest BCUT2D eigenvalue weighted by atomic mass is 16.3. The number of hydrogen-bond acceptors (Lipinski definition) is 3. The minimum atomic E-state index is 0.0170. The van der Waals surface area contributed by atoms with Crippen molar-refractivity contribution in [2.24, 2.45) is 0 Å². The molecule has 1 aliphatic heterocycles. The predicted octanol–water partition coefficient (Wildman–Crippen LogP) is 5.48. The van der Waals surface area contributed by atoms with Crippen LogP contribution in [0, 0.1) is 6.92 Å². The van der Waals surface area contributed by atoms with Crippen molar-refractivity contribution in [1.29, 1.82) is 0 Å². The molecule has 158 valence electrons. The first-order chi connectivity index (χ1) is 14.7. The van der Waals surface area contributed by atoms with Crippen LogP contribution in [0.3, 0.4) is 0 Å². The average molecular weight is 405 g/mol. The zero-order valence-corrected chi connectivity index (χ0v) is 18.1. The predicted molar refractivity (Wildman–Crippen MR) is 122 cm³/mol. The summed E-state index contributed by atoms with van der Waals surface area (Å²) in [5, 5.41) is 4.23. The van der Waals surface area contributed by atoms with Crippen molar-refractivity contribution in [1.82, 2.24) is 10.2 Å². The van der Waals surface area contributed by atoms with Gasteiger partial charge in [-0.15, -0.1) is 0 Å². The van der Waals surface area contributed by atoms with E-state index in [-0.39, 0.29) is 11.9 Å². The van der Waals surface area contributed by atoms with E-state index in [1.54, 1.807) is 0 Å². The van der Waals surface area contributed by atoms with Gasteiger partial charge in [-0.2, -0.15) is 0 Å². The molecule has 0 bridgehead atoms. The van der Waals surface area contributed by atoms with Crippen molar-refractivity contribution in [2.75, 3.05) is 13.1 Å². The highest BCUT2D eigenvalue weighted by molar-refractivity contribution is 6.07. The number of furan rings is 1. The van der Waals surface area contributed by atoms with Gasteiger partial charge < -0.3 is 9.73 Å². The van der Waals surface area contributed by atoms with Gasteiger partial charge in [0.15, 0.2) is 0 Å². The molecule has 30 heavy (non-hydrogen) atoms. The third kappa shape index (κ3) is 4.59. The van der Waals surface area contributed by atoms with Crippen molar-refractivity contribution in [3.63, 3.8) is 0 Å². The summed E-state index contributed by atoms with van der Waals surface area (Å²) in [7, 11) is 0. The number of para-hydroxylation sites is 1. The van der Waals surface area contributed by atoms with Gasteiger partial charge >= 0.3 is 0 Å². The Balaban J connectivity index is 1.40. The molecule has 1 aliphatic rings. The average Bonchev–Trinajstić information content (AvgIpc) is 3.13. The largest absolute Gasteiger partial charge is 0.460 e. The van der Waals surface area contributed by atoms with Crippen molar-refractivity contribution >= 4 is 16.9 Å². The van der Waals surface area contributed by atoms with Gasteiger partial charge in [0.1, 0.15) is 11.3 Å². The SMILES string of the molecule is CCCCc1oc2ccccc2c1C(=O)NC1CCN(Cc2ccccc2C)CC1. The zero-order valence-electron chi connectivity index (χ0n) is 18.1. The van der Waals surface area contributed by atoms with E-state index in [1.807, 2.05) is 24.3 Å². The Morgan fingerprint density at radius 1 is 1.10 bits per heavy atom. The molecular formula is C26H32N2O2. The standard InChI is InChI=1S/C26H32N2O2/c1-3-4-12-24-25(22-11-7-8-13-23(22)30-24)26(29)27-21-14-16-28(17-15-21)18-20-10-6-5-9-19(20)2/h5-11,13,21H,3-4,12,14-18H2,1-2H3,(H,27,29). The first-order valence-corrected chi connectivity index (χ1v) is 11.2. The second kappa shape index (κ2) is 9.48. The molecule has 0 spiro atoms. The number of nitrogens with zero attached hydrogens (tertiary/aromatic N) is 1. The third-order valence-corrected chi connectivity index (χ3v) is 6.23. The molecule has 0 aliphatic carbocycles. The van der Waals surface area contributed by atoms with Crippen molar-refractivity contribution < 1.29 is 9.21 Å². The molecule has 1 amide bonds. The van der Waals surface area contributed by atoms with E-state index in [0.29, 0.717) is 0 Å². The Kier molecular flexibility index (Phi) is 6.53. The summed E-state index contributed by atoms with van der Waals surface area (Å²) in [5.74, 6) is 0.843. The molecule has 4 nitrogen and oxygen atoms in total. The summed E-state index contributed by atoms with van der Waals surface area (Å²) in [6.45, 7) is 7.34. The number of piperidine rings is 1. The van der Waals surface area contributed by atoms with Crippen LogP contribution in [-0.2, 0) is 13.0 Å². The number of carbonyl (C=O) groups is 1. The number of carbonyl (C=O) groups excluding carboxylic acids is 1.